The maximum Gasteiger partial charge on any atom is 0.323 e. The predicted molar refractivity (Wildman–Crippen MR) is 80.7 cm³/mol. The van der Waals surface area contributed by atoms with Crippen molar-refractivity contribution in [3.63, 3.8) is 0 Å². The Balaban J connectivity index is 2.62. The van der Waals surface area contributed by atoms with E-state index >= 15 is 0 Å². The number of carbonyl (C=O) groups is 2. The van der Waals surface area contributed by atoms with Crippen LogP contribution in [0.15, 0.2) is 29.2 Å². The summed E-state index contributed by atoms with van der Waals surface area (Å²) in [7, 11) is -3.85. The van der Waals surface area contributed by atoms with Crippen LogP contribution in [0, 0.1) is 5.82 Å². The van der Waals surface area contributed by atoms with Crippen LogP contribution >= 0.6 is 0 Å². The number of carboxylic acid groups (broad SMARTS) is 1. The molecule has 0 fully saturated rings. The van der Waals surface area contributed by atoms with Crippen LogP contribution in [0.2, 0.25) is 0 Å². The van der Waals surface area contributed by atoms with Crippen molar-refractivity contribution in [3.8, 4) is 0 Å². The van der Waals surface area contributed by atoms with E-state index in [-0.39, 0.29) is 23.9 Å². The number of rotatable bonds is 8. The minimum Gasteiger partial charge on any atom is -0.480 e. The number of aliphatic carboxylic acids is 1. The van der Waals surface area contributed by atoms with E-state index in [0.717, 1.165) is 29.2 Å². The number of hydrogen-bond donors (Lipinski definition) is 2. The fourth-order valence-corrected chi connectivity index (χ4v) is 2.87. The second-order valence-corrected chi connectivity index (χ2v) is 6.88. The number of carboxylic acids is 1. The van der Waals surface area contributed by atoms with Gasteiger partial charge in [-0.05, 0) is 38.1 Å². The molecule has 0 unspecified atom stereocenters. The zero-order valence-corrected chi connectivity index (χ0v) is 13.6. The van der Waals surface area contributed by atoms with E-state index in [9.17, 15) is 22.4 Å². The standard InChI is InChI=1S/C14H19FN2O5S/c1-10(2)17(9-14(19)20)13(18)7-8-16-23(21,22)12-5-3-11(15)4-6-12/h3-6,10,16H,7-9H2,1-2H3,(H,19,20). The van der Waals surface area contributed by atoms with E-state index in [0.29, 0.717) is 0 Å². The average Bonchev–Trinajstić information content (AvgIpc) is 2.44. The molecule has 0 spiro atoms. The van der Waals surface area contributed by atoms with Gasteiger partial charge in [0.1, 0.15) is 12.4 Å². The van der Waals surface area contributed by atoms with Crippen molar-refractivity contribution in [2.45, 2.75) is 31.2 Å². The number of nitrogens with one attached hydrogen (secondary N) is 1. The van der Waals surface area contributed by atoms with Crippen molar-refractivity contribution in [3.05, 3.63) is 30.1 Å². The largest absolute Gasteiger partial charge is 0.480 e. The minimum atomic E-state index is -3.85. The summed E-state index contributed by atoms with van der Waals surface area (Å²) in [5.41, 5.74) is 0. The summed E-state index contributed by atoms with van der Waals surface area (Å²) < 4.78 is 38.9. The second kappa shape index (κ2) is 8.02. The van der Waals surface area contributed by atoms with Gasteiger partial charge in [-0.25, -0.2) is 17.5 Å². The number of halogens is 1. The molecule has 0 radical (unpaired) electrons. The molecule has 0 saturated heterocycles. The molecular weight excluding hydrogens is 327 g/mol. The van der Waals surface area contributed by atoms with Gasteiger partial charge in [-0.2, -0.15) is 0 Å². The Morgan fingerprint density at radius 2 is 1.83 bits per heavy atom. The summed E-state index contributed by atoms with van der Waals surface area (Å²) in [4.78, 5) is 23.7. The van der Waals surface area contributed by atoms with E-state index in [4.69, 9.17) is 5.11 Å². The molecule has 128 valence electrons. The van der Waals surface area contributed by atoms with Gasteiger partial charge >= 0.3 is 5.97 Å². The fraction of sp³-hybridized carbons (Fsp3) is 0.429. The highest BCUT2D eigenvalue weighted by Crippen LogP contribution is 2.09. The van der Waals surface area contributed by atoms with Gasteiger partial charge in [-0.1, -0.05) is 0 Å². The van der Waals surface area contributed by atoms with Crippen LogP contribution in [0.5, 0.6) is 0 Å². The van der Waals surface area contributed by atoms with Gasteiger partial charge in [0.15, 0.2) is 0 Å². The molecule has 0 aliphatic heterocycles. The third-order valence-corrected chi connectivity index (χ3v) is 4.48. The molecule has 7 nitrogen and oxygen atoms in total. The van der Waals surface area contributed by atoms with E-state index in [1.807, 2.05) is 0 Å². The molecule has 0 aromatic heterocycles. The molecule has 0 bridgehead atoms. The zero-order chi connectivity index (χ0) is 17.6. The Hall–Kier alpha value is -2.00. The normalized spacial score (nSPS) is 11.5. The van der Waals surface area contributed by atoms with Crippen LogP contribution in [0.25, 0.3) is 0 Å². The molecule has 0 aliphatic rings. The van der Waals surface area contributed by atoms with Gasteiger partial charge in [-0.15, -0.1) is 0 Å². The molecule has 2 N–H and O–H groups in total. The van der Waals surface area contributed by atoms with Gasteiger partial charge < -0.3 is 10.0 Å². The van der Waals surface area contributed by atoms with Crippen LogP contribution in [0.3, 0.4) is 0 Å². The van der Waals surface area contributed by atoms with Gasteiger partial charge in [0.2, 0.25) is 15.9 Å². The SMILES string of the molecule is CC(C)N(CC(=O)O)C(=O)CCNS(=O)(=O)c1ccc(F)cc1. The predicted octanol–water partition coefficient (Wildman–Crippen LogP) is 0.816. The summed E-state index contributed by atoms with van der Waals surface area (Å²) >= 11 is 0. The first kappa shape index (κ1) is 19.0. The first-order valence-corrected chi connectivity index (χ1v) is 8.38. The first-order valence-electron chi connectivity index (χ1n) is 6.90. The molecule has 9 heteroatoms. The fourth-order valence-electron chi connectivity index (χ4n) is 1.84. The highest BCUT2D eigenvalue weighted by molar-refractivity contribution is 7.89. The van der Waals surface area contributed by atoms with Crippen LogP contribution in [0.1, 0.15) is 20.3 Å². The van der Waals surface area contributed by atoms with Crippen molar-refractivity contribution in [1.82, 2.24) is 9.62 Å². The third-order valence-electron chi connectivity index (χ3n) is 3.00. The average molecular weight is 346 g/mol. The Kier molecular flexibility index (Phi) is 6.64. The molecule has 1 aromatic rings. The molecule has 1 amide bonds. The van der Waals surface area contributed by atoms with Crippen LogP contribution < -0.4 is 4.72 Å². The van der Waals surface area contributed by atoms with E-state index in [1.165, 1.54) is 0 Å². The number of benzene rings is 1. The van der Waals surface area contributed by atoms with Crippen LogP contribution in [0.4, 0.5) is 4.39 Å². The third kappa shape index (κ3) is 5.95. The molecular formula is C14H19FN2O5S. The van der Waals surface area contributed by atoms with E-state index in [2.05, 4.69) is 4.72 Å². The zero-order valence-electron chi connectivity index (χ0n) is 12.8. The topological polar surface area (TPSA) is 104 Å². The van der Waals surface area contributed by atoms with Crippen LogP contribution in [-0.4, -0.2) is 49.4 Å². The lowest BCUT2D eigenvalue weighted by atomic mass is 10.2. The number of amides is 1. The Morgan fingerprint density at radius 3 is 2.30 bits per heavy atom. The molecule has 0 saturated carbocycles. The number of hydrogen-bond acceptors (Lipinski definition) is 4. The lowest BCUT2D eigenvalue weighted by molar-refractivity contribution is -0.145. The second-order valence-electron chi connectivity index (χ2n) is 5.11. The summed E-state index contributed by atoms with van der Waals surface area (Å²) in [5, 5.41) is 8.77. The van der Waals surface area contributed by atoms with E-state index in [1.54, 1.807) is 13.8 Å². The highest BCUT2D eigenvalue weighted by Gasteiger charge is 2.20. The maximum absolute atomic E-state index is 12.8. The Morgan fingerprint density at radius 1 is 1.26 bits per heavy atom. The summed E-state index contributed by atoms with van der Waals surface area (Å²) in [5.74, 6) is -2.16. The minimum absolute atomic E-state index is 0.113. The monoisotopic (exact) mass is 346 g/mol. The lowest BCUT2D eigenvalue weighted by Gasteiger charge is -2.24. The van der Waals surface area contributed by atoms with Crippen molar-refractivity contribution in [2.75, 3.05) is 13.1 Å². The molecule has 0 atom stereocenters. The smallest absolute Gasteiger partial charge is 0.323 e. The number of carbonyl (C=O) groups excluding carboxylic acids is 1. The van der Waals surface area contributed by atoms with Crippen molar-refractivity contribution >= 4 is 21.9 Å². The van der Waals surface area contributed by atoms with Gasteiger partial charge in [0, 0.05) is 19.0 Å². The van der Waals surface area contributed by atoms with Crippen molar-refractivity contribution in [2.24, 2.45) is 0 Å². The summed E-state index contributed by atoms with van der Waals surface area (Å²) in [6.07, 6.45) is -0.175. The summed E-state index contributed by atoms with van der Waals surface area (Å²) in [6.45, 7) is 2.72. The molecule has 1 rings (SSSR count). The van der Waals surface area contributed by atoms with Gasteiger partial charge in [-0.3, -0.25) is 9.59 Å². The van der Waals surface area contributed by atoms with Crippen LogP contribution in [-0.2, 0) is 19.6 Å². The Labute approximate surface area is 134 Å². The molecule has 0 aliphatic carbocycles. The maximum atomic E-state index is 12.8. The molecule has 23 heavy (non-hydrogen) atoms. The molecule has 0 heterocycles. The highest BCUT2D eigenvalue weighted by atomic mass is 32.2. The quantitative estimate of drug-likeness (QED) is 0.725. The van der Waals surface area contributed by atoms with Crippen molar-refractivity contribution in [1.29, 1.82) is 0 Å². The van der Waals surface area contributed by atoms with Gasteiger partial charge in [0.05, 0.1) is 4.90 Å². The summed E-state index contributed by atoms with van der Waals surface area (Å²) in [6, 6.07) is 3.96. The Bertz CT molecular complexity index is 658. The number of sulfonamides is 1. The lowest BCUT2D eigenvalue weighted by Crippen LogP contribution is -2.42. The van der Waals surface area contributed by atoms with Gasteiger partial charge in [0.25, 0.3) is 0 Å². The van der Waals surface area contributed by atoms with Crippen molar-refractivity contribution < 1.29 is 27.5 Å². The molecule has 1 aromatic carbocycles. The number of nitrogens with zero attached hydrogens (tertiary/aromatic N) is 1. The van der Waals surface area contributed by atoms with E-state index < -0.39 is 34.3 Å². The first-order chi connectivity index (χ1) is 10.6.